The monoisotopic (exact) mass is 294 g/mol. The van der Waals surface area contributed by atoms with Crippen LogP contribution in [0.1, 0.15) is 19.3 Å². The maximum Gasteiger partial charge on any atom is 0.214 e. The van der Waals surface area contributed by atoms with Crippen molar-refractivity contribution in [3.05, 3.63) is 0 Å². The summed E-state index contributed by atoms with van der Waals surface area (Å²) in [5.74, 6) is 0.347. The van der Waals surface area contributed by atoms with E-state index in [1.54, 1.807) is 0 Å². The predicted molar refractivity (Wildman–Crippen MR) is 71.1 cm³/mol. The van der Waals surface area contributed by atoms with Gasteiger partial charge in [-0.1, -0.05) is 0 Å². The third-order valence-electron chi connectivity index (χ3n) is 3.87. The number of piperazine rings is 1. The molecule has 0 amide bonds. The minimum Gasteiger partial charge on any atom is -0.392 e. The number of sulfonamides is 1. The van der Waals surface area contributed by atoms with Gasteiger partial charge in [-0.2, -0.15) is 4.31 Å². The van der Waals surface area contributed by atoms with Crippen LogP contribution in [0.25, 0.3) is 0 Å². The van der Waals surface area contributed by atoms with Gasteiger partial charge >= 0.3 is 0 Å². The van der Waals surface area contributed by atoms with Crippen LogP contribution in [-0.2, 0) is 10.0 Å². The molecule has 5 nitrogen and oxygen atoms in total. The number of β-amino-alcohol motifs (C(OH)–C–C–N with tert-alkyl or cyclic N) is 1. The number of hydrogen-bond acceptors (Lipinski definition) is 4. The lowest BCUT2D eigenvalue weighted by Gasteiger charge is -2.34. The van der Waals surface area contributed by atoms with Gasteiger partial charge in [-0.25, -0.2) is 8.42 Å². The van der Waals surface area contributed by atoms with E-state index in [1.807, 2.05) is 0 Å². The van der Waals surface area contributed by atoms with Crippen LogP contribution in [0, 0.1) is 5.92 Å². The minimum atomic E-state index is -3.30. The van der Waals surface area contributed by atoms with Crippen LogP contribution in [0.5, 0.6) is 0 Å². The summed E-state index contributed by atoms with van der Waals surface area (Å²) >= 11 is 0. The van der Waals surface area contributed by atoms with Gasteiger partial charge in [0.1, 0.15) is 0 Å². The summed E-state index contributed by atoms with van der Waals surface area (Å²) in [4.78, 5) is 2.12. The molecule has 1 saturated heterocycles. The van der Waals surface area contributed by atoms with E-state index < -0.39 is 16.7 Å². The Labute approximate surface area is 114 Å². The fraction of sp³-hybridized carbons (Fsp3) is 1.00. The molecular formula is C12H23FN2O3S. The first kappa shape index (κ1) is 15.2. The Hall–Kier alpha value is -0.240. The standard InChI is InChI=1S/C12H23FN2O3S/c13-4-1-9-19(17,18)15-7-5-14(6-8-15)10-12(16)11-2-3-11/h11-12,16H,1-10H2/t12-/m1/s1. The number of nitrogens with zero attached hydrogens (tertiary/aromatic N) is 2. The number of hydrogen-bond donors (Lipinski definition) is 1. The third-order valence-corrected chi connectivity index (χ3v) is 5.83. The van der Waals surface area contributed by atoms with Crippen molar-refractivity contribution in [2.45, 2.75) is 25.4 Å². The van der Waals surface area contributed by atoms with E-state index >= 15 is 0 Å². The fourth-order valence-electron chi connectivity index (χ4n) is 2.45. The lowest BCUT2D eigenvalue weighted by molar-refractivity contribution is 0.0782. The molecule has 0 spiro atoms. The highest BCUT2D eigenvalue weighted by Gasteiger charge is 2.32. The molecular weight excluding hydrogens is 271 g/mol. The Morgan fingerprint density at radius 2 is 1.84 bits per heavy atom. The molecule has 2 aliphatic rings. The van der Waals surface area contributed by atoms with Crippen molar-refractivity contribution in [1.82, 2.24) is 9.21 Å². The zero-order valence-electron chi connectivity index (χ0n) is 11.2. The van der Waals surface area contributed by atoms with Gasteiger partial charge in [0.15, 0.2) is 0 Å². The summed E-state index contributed by atoms with van der Waals surface area (Å²) in [7, 11) is -3.30. The molecule has 0 aromatic rings. The van der Waals surface area contributed by atoms with Crippen LogP contribution in [0.3, 0.4) is 0 Å². The average molecular weight is 294 g/mol. The van der Waals surface area contributed by atoms with Crippen LogP contribution >= 0.6 is 0 Å². The van der Waals surface area contributed by atoms with Crippen molar-refractivity contribution in [1.29, 1.82) is 0 Å². The van der Waals surface area contributed by atoms with Crippen LogP contribution in [0.4, 0.5) is 4.39 Å². The van der Waals surface area contributed by atoms with Gasteiger partial charge in [-0.3, -0.25) is 9.29 Å². The smallest absolute Gasteiger partial charge is 0.214 e. The molecule has 1 N–H and O–H groups in total. The molecule has 2 rings (SSSR count). The van der Waals surface area contributed by atoms with Gasteiger partial charge in [0.2, 0.25) is 10.0 Å². The van der Waals surface area contributed by atoms with Crippen LogP contribution in [-0.4, -0.2) is 74.0 Å². The molecule has 1 saturated carbocycles. The second-order valence-electron chi connectivity index (χ2n) is 5.46. The first-order valence-electron chi connectivity index (χ1n) is 6.97. The van der Waals surface area contributed by atoms with E-state index in [9.17, 15) is 17.9 Å². The Balaban J connectivity index is 1.75. The molecule has 1 aliphatic carbocycles. The first-order valence-corrected chi connectivity index (χ1v) is 8.58. The molecule has 0 aromatic carbocycles. The summed E-state index contributed by atoms with van der Waals surface area (Å²) in [5, 5.41) is 9.87. The normalized spacial score (nSPS) is 24.5. The topological polar surface area (TPSA) is 60.9 Å². The van der Waals surface area contributed by atoms with E-state index in [4.69, 9.17) is 0 Å². The number of rotatable bonds is 7. The van der Waals surface area contributed by atoms with Crippen LogP contribution in [0.2, 0.25) is 0 Å². The number of halogens is 1. The highest BCUT2D eigenvalue weighted by Crippen LogP contribution is 2.32. The zero-order valence-corrected chi connectivity index (χ0v) is 12.0. The maximum atomic E-state index is 12.1. The maximum absolute atomic E-state index is 12.1. The highest BCUT2D eigenvalue weighted by molar-refractivity contribution is 7.89. The summed E-state index contributed by atoms with van der Waals surface area (Å²) in [6, 6.07) is 0. The lowest BCUT2D eigenvalue weighted by atomic mass is 10.2. The van der Waals surface area contributed by atoms with E-state index in [0.717, 1.165) is 12.8 Å². The van der Waals surface area contributed by atoms with Gasteiger partial charge in [0.05, 0.1) is 18.5 Å². The number of aliphatic hydroxyl groups excluding tert-OH is 1. The molecule has 0 unspecified atom stereocenters. The Bertz CT molecular complexity index is 378. The molecule has 1 atom stereocenters. The molecule has 7 heteroatoms. The van der Waals surface area contributed by atoms with Crippen molar-refractivity contribution in [3.63, 3.8) is 0 Å². The van der Waals surface area contributed by atoms with Crippen molar-refractivity contribution < 1.29 is 17.9 Å². The van der Waals surface area contributed by atoms with Crippen LogP contribution in [0.15, 0.2) is 0 Å². The molecule has 1 aliphatic heterocycles. The molecule has 112 valence electrons. The van der Waals surface area contributed by atoms with Gasteiger partial charge in [-0.05, 0) is 25.2 Å². The van der Waals surface area contributed by atoms with Crippen molar-refractivity contribution in [2.24, 2.45) is 5.92 Å². The summed E-state index contributed by atoms with van der Waals surface area (Å²) < 4.78 is 37.3. The second kappa shape index (κ2) is 6.47. The predicted octanol–water partition coefficient (Wildman–Crippen LogP) is 0.0643. The van der Waals surface area contributed by atoms with Crippen molar-refractivity contribution >= 4 is 10.0 Å². The number of aliphatic hydroxyl groups is 1. The summed E-state index contributed by atoms with van der Waals surface area (Å²) in [6.45, 7) is 2.26. The van der Waals surface area contributed by atoms with Crippen molar-refractivity contribution in [2.75, 3.05) is 45.2 Å². The minimum absolute atomic E-state index is 0.0724. The third kappa shape index (κ3) is 4.37. The van der Waals surface area contributed by atoms with Crippen molar-refractivity contribution in [3.8, 4) is 0 Å². The molecule has 0 aromatic heterocycles. The summed E-state index contributed by atoms with van der Waals surface area (Å²) in [5.41, 5.74) is 0. The first-order chi connectivity index (χ1) is 9.03. The molecule has 0 bridgehead atoms. The second-order valence-corrected chi connectivity index (χ2v) is 7.55. The lowest BCUT2D eigenvalue weighted by Crippen LogP contribution is -2.51. The van der Waals surface area contributed by atoms with Gasteiger partial charge in [0, 0.05) is 32.7 Å². The largest absolute Gasteiger partial charge is 0.392 e. The SMILES string of the molecule is O=S(=O)(CCCF)N1CCN(C[C@@H](O)C2CC2)CC1. The molecule has 1 heterocycles. The molecule has 0 radical (unpaired) electrons. The van der Waals surface area contributed by atoms with Gasteiger partial charge in [0.25, 0.3) is 0 Å². The van der Waals surface area contributed by atoms with E-state index in [0.29, 0.717) is 38.6 Å². The highest BCUT2D eigenvalue weighted by atomic mass is 32.2. The fourth-order valence-corrected chi connectivity index (χ4v) is 3.90. The Morgan fingerprint density at radius 1 is 1.21 bits per heavy atom. The summed E-state index contributed by atoms with van der Waals surface area (Å²) in [6.07, 6.45) is 2.02. The zero-order chi connectivity index (χ0) is 13.9. The molecule has 19 heavy (non-hydrogen) atoms. The Morgan fingerprint density at radius 3 is 2.37 bits per heavy atom. The average Bonchev–Trinajstić information content (AvgIpc) is 3.21. The molecule has 2 fully saturated rings. The van der Waals surface area contributed by atoms with Gasteiger partial charge < -0.3 is 5.11 Å². The van der Waals surface area contributed by atoms with E-state index in [-0.39, 0.29) is 18.3 Å². The van der Waals surface area contributed by atoms with Gasteiger partial charge in [-0.15, -0.1) is 0 Å². The quantitative estimate of drug-likeness (QED) is 0.721. The van der Waals surface area contributed by atoms with E-state index in [2.05, 4.69) is 4.90 Å². The van der Waals surface area contributed by atoms with E-state index in [1.165, 1.54) is 4.31 Å². The number of alkyl halides is 1. The Kier molecular flexibility index (Phi) is 5.16. The van der Waals surface area contributed by atoms with Crippen LogP contribution < -0.4 is 0 Å².